The molecule has 25 heavy (non-hydrogen) atoms. The van der Waals surface area contributed by atoms with Crippen molar-refractivity contribution in [1.82, 2.24) is 5.43 Å². The highest BCUT2D eigenvalue weighted by atomic mass is 16.7. The fraction of sp³-hybridized carbons (Fsp3) is 0.158. The molecule has 0 atom stereocenters. The second-order valence-corrected chi connectivity index (χ2v) is 5.30. The van der Waals surface area contributed by atoms with Crippen molar-refractivity contribution in [2.45, 2.75) is 6.42 Å². The molecule has 0 saturated heterocycles. The van der Waals surface area contributed by atoms with Crippen molar-refractivity contribution >= 4 is 12.1 Å². The Labute approximate surface area is 145 Å². The average molecular weight is 338 g/mol. The van der Waals surface area contributed by atoms with E-state index in [1.807, 2.05) is 30.3 Å². The van der Waals surface area contributed by atoms with E-state index in [1.165, 1.54) is 6.21 Å². The van der Waals surface area contributed by atoms with Crippen LogP contribution in [0.2, 0.25) is 0 Å². The lowest BCUT2D eigenvalue weighted by Gasteiger charge is -2.09. The molecule has 6 nitrogen and oxygen atoms in total. The standard InChI is InChI=1S/C19H18N2O4/c1-2-5-15-6-3-4-7-16(15)23-12-19(22)21-20-11-14-8-9-17-18(10-14)25-13-24-17/h2-4,6-11H,1,5,12-13H2,(H,21,22)/b20-11+. The number of hydrogen-bond acceptors (Lipinski definition) is 5. The van der Waals surface area contributed by atoms with Gasteiger partial charge >= 0.3 is 0 Å². The smallest absolute Gasteiger partial charge is 0.277 e. The van der Waals surface area contributed by atoms with Crippen LogP contribution in [-0.4, -0.2) is 25.5 Å². The fourth-order valence-corrected chi connectivity index (χ4v) is 2.32. The molecule has 0 spiro atoms. The highest BCUT2D eigenvalue weighted by Gasteiger charge is 2.12. The maximum atomic E-state index is 11.8. The Morgan fingerprint density at radius 1 is 1.24 bits per heavy atom. The summed E-state index contributed by atoms with van der Waals surface area (Å²) in [6, 6.07) is 12.9. The van der Waals surface area contributed by atoms with Gasteiger partial charge in [-0.05, 0) is 41.8 Å². The van der Waals surface area contributed by atoms with Crippen LogP contribution in [0.1, 0.15) is 11.1 Å². The number of hydrogen-bond donors (Lipinski definition) is 1. The van der Waals surface area contributed by atoms with Crippen LogP contribution in [0.3, 0.4) is 0 Å². The summed E-state index contributed by atoms with van der Waals surface area (Å²) in [6.07, 6.45) is 4.00. The number of fused-ring (bicyclic) bond motifs is 1. The lowest BCUT2D eigenvalue weighted by molar-refractivity contribution is -0.123. The van der Waals surface area contributed by atoms with Crippen LogP contribution in [-0.2, 0) is 11.2 Å². The summed E-state index contributed by atoms with van der Waals surface area (Å²) < 4.78 is 16.1. The lowest BCUT2D eigenvalue weighted by atomic mass is 10.1. The molecule has 0 unspecified atom stereocenters. The summed E-state index contributed by atoms with van der Waals surface area (Å²) in [6.45, 7) is 3.81. The quantitative estimate of drug-likeness (QED) is 0.479. The van der Waals surface area contributed by atoms with Gasteiger partial charge in [-0.15, -0.1) is 6.58 Å². The molecule has 1 aliphatic heterocycles. The first-order valence-corrected chi connectivity index (χ1v) is 7.79. The van der Waals surface area contributed by atoms with Gasteiger partial charge in [-0.1, -0.05) is 24.3 Å². The van der Waals surface area contributed by atoms with Gasteiger partial charge < -0.3 is 14.2 Å². The molecular weight excluding hydrogens is 320 g/mol. The summed E-state index contributed by atoms with van der Waals surface area (Å²) in [5.41, 5.74) is 4.21. The Kier molecular flexibility index (Phi) is 5.31. The molecule has 1 aliphatic rings. The largest absolute Gasteiger partial charge is 0.483 e. The van der Waals surface area contributed by atoms with Crippen LogP contribution >= 0.6 is 0 Å². The van der Waals surface area contributed by atoms with E-state index in [-0.39, 0.29) is 19.3 Å². The van der Waals surface area contributed by atoms with E-state index in [9.17, 15) is 4.79 Å². The zero-order valence-corrected chi connectivity index (χ0v) is 13.6. The molecule has 1 N–H and O–H groups in total. The number of allylic oxidation sites excluding steroid dienone is 1. The van der Waals surface area contributed by atoms with Gasteiger partial charge in [-0.2, -0.15) is 5.10 Å². The van der Waals surface area contributed by atoms with Crippen LogP contribution in [0.4, 0.5) is 0 Å². The number of amides is 1. The van der Waals surface area contributed by atoms with Crippen molar-refractivity contribution < 1.29 is 19.0 Å². The maximum Gasteiger partial charge on any atom is 0.277 e. The molecule has 0 fully saturated rings. The van der Waals surface area contributed by atoms with Crippen molar-refractivity contribution in [3.8, 4) is 17.2 Å². The van der Waals surface area contributed by atoms with Crippen LogP contribution in [0.25, 0.3) is 0 Å². The number of ether oxygens (including phenoxy) is 3. The second-order valence-electron chi connectivity index (χ2n) is 5.30. The topological polar surface area (TPSA) is 69.2 Å². The third-order valence-corrected chi connectivity index (χ3v) is 3.50. The van der Waals surface area contributed by atoms with Crippen molar-refractivity contribution in [2.24, 2.45) is 5.10 Å². The lowest BCUT2D eigenvalue weighted by Crippen LogP contribution is -2.24. The maximum absolute atomic E-state index is 11.8. The molecule has 0 aliphatic carbocycles. The van der Waals surface area contributed by atoms with Crippen molar-refractivity contribution in [1.29, 1.82) is 0 Å². The van der Waals surface area contributed by atoms with E-state index >= 15 is 0 Å². The molecule has 0 saturated carbocycles. The molecule has 1 amide bonds. The summed E-state index contributed by atoms with van der Waals surface area (Å²) >= 11 is 0. The molecular formula is C19H18N2O4. The van der Waals surface area contributed by atoms with E-state index in [0.29, 0.717) is 23.7 Å². The summed E-state index contributed by atoms with van der Waals surface area (Å²) in [4.78, 5) is 11.8. The Morgan fingerprint density at radius 3 is 2.96 bits per heavy atom. The Morgan fingerprint density at radius 2 is 2.08 bits per heavy atom. The van der Waals surface area contributed by atoms with Gasteiger partial charge in [-0.3, -0.25) is 4.79 Å². The number of hydrazone groups is 1. The minimum absolute atomic E-state index is 0.118. The van der Waals surface area contributed by atoms with Crippen LogP contribution in [0, 0.1) is 0 Å². The van der Waals surface area contributed by atoms with Crippen LogP contribution in [0.15, 0.2) is 60.2 Å². The molecule has 0 bridgehead atoms. The summed E-state index contributed by atoms with van der Waals surface area (Å²) in [7, 11) is 0. The number of rotatable bonds is 7. The van der Waals surface area contributed by atoms with Gasteiger partial charge in [0.25, 0.3) is 5.91 Å². The molecule has 0 radical (unpaired) electrons. The second kappa shape index (κ2) is 8.01. The van der Waals surface area contributed by atoms with E-state index in [0.717, 1.165) is 11.1 Å². The SMILES string of the molecule is C=CCc1ccccc1OCC(=O)N/N=C/c1ccc2c(c1)OCO2. The zero-order valence-electron chi connectivity index (χ0n) is 13.6. The zero-order chi connectivity index (χ0) is 17.5. The average Bonchev–Trinajstić information content (AvgIpc) is 3.09. The number of carbonyl (C=O) groups is 1. The molecule has 2 aromatic carbocycles. The van der Waals surface area contributed by atoms with E-state index in [1.54, 1.807) is 18.2 Å². The Bertz CT molecular complexity index is 802. The van der Waals surface area contributed by atoms with E-state index in [4.69, 9.17) is 14.2 Å². The van der Waals surface area contributed by atoms with Crippen LogP contribution < -0.4 is 19.6 Å². The minimum Gasteiger partial charge on any atom is -0.483 e. The van der Waals surface area contributed by atoms with Gasteiger partial charge in [0, 0.05) is 0 Å². The predicted octanol–water partition coefficient (Wildman–Crippen LogP) is 2.67. The van der Waals surface area contributed by atoms with Crippen molar-refractivity contribution in [3.05, 3.63) is 66.2 Å². The van der Waals surface area contributed by atoms with Gasteiger partial charge in [0.1, 0.15) is 5.75 Å². The van der Waals surface area contributed by atoms with Crippen molar-refractivity contribution in [3.63, 3.8) is 0 Å². The first-order valence-electron chi connectivity index (χ1n) is 7.79. The third kappa shape index (κ3) is 4.38. The van der Waals surface area contributed by atoms with E-state index in [2.05, 4.69) is 17.1 Å². The highest BCUT2D eigenvalue weighted by Crippen LogP contribution is 2.31. The number of benzene rings is 2. The number of nitrogens with zero attached hydrogens (tertiary/aromatic N) is 1. The van der Waals surface area contributed by atoms with Gasteiger partial charge in [0.15, 0.2) is 18.1 Å². The fourth-order valence-electron chi connectivity index (χ4n) is 2.32. The minimum atomic E-state index is -0.342. The predicted molar refractivity (Wildman–Crippen MR) is 94.1 cm³/mol. The molecule has 3 rings (SSSR count). The Hall–Kier alpha value is -3.28. The number of carbonyl (C=O) groups excluding carboxylic acids is 1. The van der Waals surface area contributed by atoms with Crippen molar-refractivity contribution in [2.75, 3.05) is 13.4 Å². The molecule has 0 aromatic heterocycles. The van der Waals surface area contributed by atoms with Gasteiger partial charge in [0.05, 0.1) is 6.21 Å². The first-order chi connectivity index (χ1) is 12.3. The third-order valence-electron chi connectivity index (χ3n) is 3.50. The summed E-state index contributed by atoms with van der Waals surface area (Å²) in [5.74, 6) is 1.69. The van der Waals surface area contributed by atoms with E-state index < -0.39 is 0 Å². The highest BCUT2D eigenvalue weighted by molar-refractivity contribution is 5.83. The molecule has 6 heteroatoms. The van der Waals surface area contributed by atoms with Gasteiger partial charge in [0.2, 0.25) is 6.79 Å². The number of para-hydroxylation sites is 1. The normalized spacial score (nSPS) is 12.2. The van der Waals surface area contributed by atoms with Crippen LogP contribution in [0.5, 0.6) is 17.2 Å². The first kappa shape index (κ1) is 16.6. The Balaban J connectivity index is 1.50. The molecule has 1 heterocycles. The van der Waals surface area contributed by atoms with Gasteiger partial charge in [-0.25, -0.2) is 5.43 Å². The molecule has 2 aromatic rings. The monoisotopic (exact) mass is 338 g/mol. The summed E-state index contributed by atoms with van der Waals surface area (Å²) in [5, 5.41) is 3.92. The molecule has 128 valence electrons. The number of nitrogens with one attached hydrogen (secondary N) is 1.